The van der Waals surface area contributed by atoms with Gasteiger partial charge in [-0.1, -0.05) is 44.2 Å². The van der Waals surface area contributed by atoms with Gasteiger partial charge in [-0.25, -0.2) is 9.38 Å². The number of amides is 1. The van der Waals surface area contributed by atoms with Gasteiger partial charge in [-0.15, -0.1) is 24.0 Å². The van der Waals surface area contributed by atoms with Gasteiger partial charge in [-0.2, -0.15) is 0 Å². The van der Waals surface area contributed by atoms with E-state index >= 15 is 0 Å². The number of carbonyl (C=O) groups is 1. The summed E-state index contributed by atoms with van der Waals surface area (Å²) in [5.41, 5.74) is 1.94. The summed E-state index contributed by atoms with van der Waals surface area (Å²) in [5.74, 6) is 0.449. The first kappa shape index (κ1) is 25.9. The van der Waals surface area contributed by atoms with Crippen molar-refractivity contribution in [3.05, 3.63) is 71.0 Å². The van der Waals surface area contributed by atoms with Crippen LogP contribution in [0.1, 0.15) is 42.3 Å². The van der Waals surface area contributed by atoms with Crippen LogP contribution in [-0.2, 0) is 12.0 Å². The first-order valence-electron chi connectivity index (χ1n) is 9.82. The lowest BCUT2D eigenvalue weighted by Crippen LogP contribution is -2.43. The molecule has 0 atom stereocenters. The van der Waals surface area contributed by atoms with E-state index in [9.17, 15) is 9.18 Å². The second kappa shape index (κ2) is 11.9. The van der Waals surface area contributed by atoms with Gasteiger partial charge in [0.25, 0.3) is 5.91 Å². The lowest BCUT2D eigenvalue weighted by Gasteiger charge is -2.27. The highest BCUT2D eigenvalue weighted by atomic mass is 127. The Kier molecular flexibility index (Phi) is 10.2. The van der Waals surface area contributed by atoms with Crippen LogP contribution in [0.4, 0.5) is 4.39 Å². The Hall–Kier alpha value is -2.16. The first-order chi connectivity index (χ1) is 13.7. The molecule has 0 aliphatic heterocycles. The quantitative estimate of drug-likeness (QED) is 0.324. The van der Waals surface area contributed by atoms with Crippen molar-refractivity contribution in [2.24, 2.45) is 4.99 Å². The average molecular weight is 526 g/mol. The van der Waals surface area contributed by atoms with Crippen LogP contribution in [0.3, 0.4) is 0 Å². The van der Waals surface area contributed by atoms with Crippen LogP contribution in [0.15, 0.2) is 53.5 Å². The van der Waals surface area contributed by atoms with Crippen LogP contribution in [0.5, 0.6) is 0 Å². The Labute approximate surface area is 196 Å². The maximum Gasteiger partial charge on any atom is 0.253 e. The lowest BCUT2D eigenvalue weighted by atomic mass is 9.84. The van der Waals surface area contributed by atoms with Crippen LogP contribution in [0.2, 0.25) is 0 Å². The molecule has 5 nitrogen and oxygen atoms in total. The molecule has 0 radical (unpaired) electrons. The molecule has 0 aliphatic carbocycles. The molecular weight excluding hydrogens is 494 g/mol. The summed E-state index contributed by atoms with van der Waals surface area (Å²) in [6.45, 7) is 7.75. The Morgan fingerprint density at radius 3 is 2.27 bits per heavy atom. The molecule has 0 saturated heterocycles. The molecular formula is C23H32FIN4O. The van der Waals surface area contributed by atoms with Gasteiger partial charge in [0, 0.05) is 38.2 Å². The highest BCUT2D eigenvalue weighted by Crippen LogP contribution is 2.24. The highest BCUT2D eigenvalue weighted by Gasteiger charge is 2.24. The van der Waals surface area contributed by atoms with Crippen molar-refractivity contribution in [1.82, 2.24) is 15.5 Å². The second-order valence-electron chi connectivity index (χ2n) is 7.81. The maximum atomic E-state index is 14.2. The second-order valence-corrected chi connectivity index (χ2v) is 7.81. The van der Waals surface area contributed by atoms with Gasteiger partial charge in [0.2, 0.25) is 0 Å². The Bertz CT molecular complexity index is 851. The molecule has 0 spiro atoms. The summed E-state index contributed by atoms with van der Waals surface area (Å²) >= 11 is 0. The number of guanidine groups is 1. The minimum Gasteiger partial charge on any atom is -0.357 e. The van der Waals surface area contributed by atoms with E-state index in [1.165, 1.54) is 6.07 Å². The number of aliphatic imine (C=N–C) groups is 1. The van der Waals surface area contributed by atoms with Gasteiger partial charge in [0.1, 0.15) is 5.82 Å². The summed E-state index contributed by atoms with van der Waals surface area (Å²) in [7, 11) is 3.47. The molecule has 0 aromatic heterocycles. The number of carbonyl (C=O) groups excluding carboxylic acids is 1. The van der Waals surface area contributed by atoms with E-state index in [0.717, 1.165) is 12.1 Å². The SMILES string of the molecule is CCNC(=NCc1ccc(C(=O)N(C)C)cc1)NCC(C)(C)c1ccccc1F.I. The monoisotopic (exact) mass is 526 g/mol. The fourth-order valence-electron chi connectivity index (χ4n) is 2.93. The van der Waals surface area contributed by atoms with E-state index < -0.39 is 5.41 Å². The minimum absolute atomic E-state index is 0. The highest BCUT2D eigenvalue weighted by molar-refractivity contribution is 14.0. The molecule has 164 valence electrons. The molecule has 0 fully saturated rings. The zero-order chi connectivity index (χ0) is 21.4. The largest absolute Gasteiger partial charge is 0.357 e. The van der Waals surface area contributed by atoms with Crippen molar-refractivity contribution in [3.8, 4) is 0 Å². The fourth-order valence-corrected chi connectivity index (χ4v) is 2.93. The molecule has 7 heteroatoms. The first-order valence-corrected chi connectivity index (χ1v) is 9.82. The lowest BCUT2D eigenvalue weighted by molar-refractivity contribution is 0.0827. The van der Waals surface area contributed by atoms with Crippen molar-refractivity contribution >= 4 is 35.8 Å². The Balaban J connectivity index is 0.00000450. The summed E-state index contributed by atoms with van der Waals surface area (Å²) in [4.78, 5) is 18.1. The number of hydrogen-bond donors (Lipinski definition) is 2. The number of rotatable bonds is 7. The number of nitrogens with zero attached hydrogens (tertiary/aromatic N) is 2. The molecule has 2 aromatic carbocycles. The predicted molar refractivity (Wildman–Crippen MR) is 132 cm³/mol. The summed E-state index contributed by atoms with van der Waals surface area (Å²) in [6.07, 6.45) is 0. The molecule has 30 heavy (non-hydrogen) atoms. The van der Waals surface area contributed by atoms with Gasteiger partial charge < -0.3 is 15.5 Å². The molecule has 0 unspecified atom stereocenters. The Morgan fingerprint density at radius 2 is 1.70 bits per heavy atom. The third-order valence-electron chi connectivity index (χ3n) is 4.67. The zero-order valence-electron chi connectivity index (χ0n) is 18.3. The molecule has 1 amide bonds. The molecule has 2 N–H and O–H groups in total. The van der Waals surface area contributed by atoms with Crippen molar-refractivity contribution in [3.63, 3.8) is 0 Å². The molecule has 0 heterocycles. The standard InChI is InChI=1S/C23H31FN4O.HI/c1-6-25-22(27-16-23(2,3)19-9-7-8-10-20(19)24)26-15-17-11-13-18(14-12-17)21(29)28(4)5;/h7-14H,6,15-16H2,1-5H3,(H2,25,26,27);1H. The third kappa shape index (κ3) is 7.27. The van der Waals surface area contributed by atoms with Crippen molar-refractivity contribution in [1.29, 1.82) is 0 Å². The van der Waals surface area contributed by atoms with E-state index in [-0.39, 0.29) is 35.7 Å². The van der Waals surface area contributed by atoms with Gasteiger partial charge in [-0.05, 0) is 36.2 Å². The Morgan fingerprint density at radius 1 is 1.07 bits per heavy atom. The van der Waals surface area contributed by atoms with Crippen LogP contribution in [-0.4, -0.2) is 44.0 Å². The van der Waals surface area contributed by atoms with Crippen LogP contribution < -0.4 is 10.6 Å². The topological polar surface area (TPSA) is 56.7 Å². The van der Waals surface area contributed by atoms with E-state index in [1.807, 2.05) is 57.2 Å². The van der Waals surface area contributed by atoms with E-state index in [1.54, 1.807) is 25.1 Å². The van der Waals surface area contributed by atoms with E-state index in [4.69, 9.17) is 0 Å². The van der Waals surface area contributed by atoms with Crippen molar-refractivity contribution in [2.75, 3.05) is 27.2 Å². The molecule has 2 aromatic rings. The van der Waals surface area contributed by atoms with E-state index in [0.29, 0.717) is 30.2 Å². The molecule has 0 bridgehead atoms. The minimum atomic E-state index is -0.393. The molecule has 2 rings (SSSR count). The van der Waals surface area contributed by atoms with Gasteiger partial charge in [0.15, 0.2) is 5.96 Å². The summed E-state index contributed by atoms with van der Waals surface area (Å²) in [5, 5.41) is 6.53. The van der Waals surface area contributed by atoms with Gasteiger partial charge in [-0.3, -0.25) is 4.79 Å². The van der Waals surface area contributed by atoms with Gasteiger partial charge in [0.05, 0.1) is 6.54 Å². The average Bonchev–Trinajstić information content (AvgIpc) is 2.70. The van der Waals surface area contributed by atoms with Crippen LogP contribution >= 0.6 is 24.0 Å². The van der Waals surface area contributed by atoms with Crippen molar-refractivity contribution < 1.29 is 9.18 Å². The number of hydrogen-bond acceptors (Lipinski definition) is 2. The molecule has 0 saturated carbocycles. The third-order valence-corrected chi connectivity index (χ3v) is 4.67. The van der Waals surface area contributed by atoms with E-state index in [2.05, 4.69) is 15.6 Å². The normalized spacial score (nSPS) is 11.5. The van der Waals surface area contributed by atoms with Crippen LogP contribution in [0, 0.1) is 5.82 Å². The summed E-state index contributed by atoms with van der Waals surface area (Å²) in [6, 6.07) is 14.3. The number of benzene rings is 2. The molecule has 0 aliphatic rings. The fraction of sp³-hybridized carbons (Fsp3) is 0.391. The van der Waals surface area contributed by atoms with Crippen LogP contribution in [0.25, 0.3) is 0 Å². The summed E-state index contributed by atoms with van der Waals surface area (Å²) < 4.78 is 14.2. The number of nitrogens with one attached hydrogen (secondary N) is 2. The predicted octanol–water partition coefficient (Wildman–Crippen LogP) is 4.18. The number of halogens is 2. The smallest absolute Gasteiger partial charge is 0.253 e. The van der Waals surface area contributed by atoms with Gasteiger partial charge >= 0.3 is 0 Å². The van der Waals surface area contributed by atoms with Crippen molar-refractivity contribution in [2.45, 2.75) is 32.7 Å². The maximum absolute atomic E-state index is 14.2. The zero-order valence-corrected chi connectivity index (χ0v) is 20.7.